The van der Waals surface area contributed by atoms with Crippen LogP contribution in [-0.4, -0.2) is 5.78 Å². The largest absolute Gasteiger partial charge is 0.299 e. The summed E-state index contributed by atoms with van der Waals surface area (Å²) in [6.07, 6.45) is 0.620. The number of carbonyl (C=O) groups excluding carboxylic acids is 1. The third-order valence-corrected chi connectivity index (χ3v) is 3.65. The maximum absolute atomic E-state index is 13.5. The summed E-state index contributed by atoms with van der Waals surface area (Å²) >= 11 is 5.67. The lowest BCUT2D eigenvalue weighted by Gasteiger charge is -2.26. The predicted octanol–water partition coefficient (Wildman–Crippen LogP) is 4.66. The Morgan fingerprint density at radius 1 is 1.39 bits per heavy atom. The summed E-state index contributed by atoms with van der Waals surface area (Å²) in [6, 6.07) is 4.44. The molecule has 0 spiro atoms. The minimum atomic E-state index is -0.403. The quantitative estimate of drug-likeness (QED) is 0.777. The van der Waals surface area contributed by atoms with Crippen molar-refractivity contribution in [1.29, 1.82) is 0 Å². The van der Waals surface area contributed by atoms with Gasteiger partial charge >= 0.3 is 0 Å². The molecular weight excluding hydrogens is 251 g/mol. The number of Topliss-reactive ketones (excluding diaryl/α,β-unsaturated/α-hetero) is 1. The second-order valence-electron chi connectivity index (χ2n) is 5.92. The van der Waals surface area contributed by atoms with Crippen molar-refractivity contribution in [2.24, 2.45) is 11.3 Å². The van der Waals surface area contributed by atoms with Gasteiger partial charge in [-0.05, 0) is 29.0 Å². The fourth-order valence-electron chi connectivity index (χ4n) is 1.60. The Labute approximate surface area is 113 Å². The Morgan fingerprint density at radius 2 is 2.00 bits per heavy atom. The van der Waals surface area contributed by atoms with Crippen molar-refractivity contribution in [2.45, 2.75) is 40.5 Å². The van der Waals surface area contributed by atoms with E-state index in [4.69, 9.17) is 11.6 Å². The smallest absolute Gasteiger partial charge is 0.137 e. The zero-order chi connectivity index (χ0) is 13.9. The van der Waals surface area contributed by atoms with Crippen LogP contribution in [0.2, 0.25) is 5.02 Å². The van der Waals surface area contributed by atoms with E-state index < -0.39 is 5.82 Å². The van der Waals surface area contributed by atoms with Gasteiger partial charge in [-0.2, -0.15) is 0 Å². The molecule has 0 saturated heterocycles. The Morgan fingerprint density at radius 3 is 2.50 bits per heavy atom. The summed E-state index contributed by atoms with van der Waals surface area (Å²) in [4.78, 5) is 11.9. The molecule has 0 aliphatic heterocycles. The molecule has 1 atom stereocenters. The van der Waals surface area contributed by atoms with Crippen molar-refractivity contribution in [3.63, 3.8) is 0 Å². The van der Waals surface area contributed by atoms with E-state index >= 15 is 0 Å². The van der Waals surface area contributed by atoms with Gasteiger partial charge in [-0.25, -0.2) is 4.39 Å². The number of benzene rings is 1. The Kier molecular flexibility index (Phi) is 4.92. The maximum atomic E-state index is 13.5. The van der Waals surface area contributed by atoms with Crippen molar-refractivity contribution in [2.75, 3.05) is 0 Å². The minimum Gasteiger partial charge on any atom is -0.299 e. The average molecular weight is 271 g/mol. The van der Waals surface area contributed by atoms with Crippen LogP contribution in [0.25, 0.3) is 0 Å². The van der Waals surface area contributed by atoms with E-state index in [1.54, 1.807) is 12.1 Å². The molecule has 0 heterocycles. The minimum absolute atomic E-state index is 0.0682. The van der Waals surface area contributed by atoms with Gasteiger partial charge in [0.1, 0.15) is 11.6 Å². The van der Waals surface area contributed by atoms with E-state index in [1.165, 1.54) is 6.07 Å². The fourth-order valence-corrected chi connectivity index (χ4v) is 1.76. The molecule has 3 heteroatoms. The van der Waals surface area contributed by atoms with E-state index in [-0.39, 0.29) is 23.5 Å². The summed E-state index contributed by atoms with van der Waals surface area (Å²) in [6.45, 7) is 8.37. The first kappa shape index (κ1) is 15.2. The van der Waals surface area contributed by atoms with Crippen molar-refractivity contribution < 1.29 is 9.18 Å². The molecule has 0 aromatic heterocycles. The van der Waals surface area contributed by atoms with Crippen LogP contribution in [0, 0.1) is 17.2 Å². The van der Waals surface area contributed by atoms with E-state index in [9.17, 15) is 9.18 Å². The summed E-state index contributed by atoms with van der Waals surface area (Å²) in [5.41, 5.74) is 0.513. The van der Waals surface area contributed by atoms with Gasteiger partial charge in [0.2, 0.25) is 0 Å². The monoisotopic (exact) mass is 270 g/mol. The molecule has 0 aliphatic rings. The Bertz CT molecular complexity index is 435. The highest BCUT2D eigenvalue weighted by Gasteiger charge is 2.22. The standard InChI is InChI=1S/C15H20ClFO/c1-10(15(2,3)4)7-13(18)8-11-5-6-12(16)9-14(11)17/h5-6,9-10H,7-8H2,1-4H3. The SMILES string of the molecule is CC(CC(=O)Cc1ccc(Cl)cc1F)C(C)(C)C. The number of ketones is 1. The van der Waals surface area contributed by atoms with Crippen LogP contribution in [0.4, 0.5) is 4.39 Å². The van der Waals surface area contributed by atoms with Gasteiger partial charge in [-0.1, -0.05) is 45.4 Å². The fraction of sp³-hybridized carbons (Fsp3) is 0.533. The highest BCUT2D eigenvalue weighted by molar-refractivity contribution is 6.30. The molecule has 1 nitrogen and oxygen atoms in total. The molecule has 0 N–H and O–H groups in total. The first-order valence-corrected chi connectivity index (χ1v) is 6.53. The first-order valence-electron chi connectivity index (χ1n) is 6.16. The van der Waals surface area contributed by atoms with Gasteiger partial charge in [0.05, 0.1) is 0 Å². The molecule has 1 aromatic rings. The highest BCUT2D eigenvalue weighted by Crippen LogP contribution is 2.28. The van der Waals surface area contributed by atoms with Gasteiger partial charge in [0.25, 0.3) is 0 Å². The molecule has 0 amide bonds. The molecular formula is C15H20ClFO. The zero-order valence-electron chi connectivity index (χ0n) is 11.4. The molecule has 18 heavy (non-hydrogen) atoms. The van der Waals surface area contributed by atoms with Crippen molar-refractivity contribution >= 4 is 17.4 Å². The number of carbonyl (C=O) groups is 1. The summed E-state index contributed by atoms with van der Waals surface area (Å²) < 4.78 is 13.5. The molecule has 1 rings (SSSR count). The van der Waals surface area contributed by atoms with E-state index in [2.05, 4.69) is 27.7 Å². The van der Waals surface area contributed by atoms with E-state index in [1.807, 2.05) is 0 Å². The Hall–Kier alpha value is -0.890. The van der Waals surface area contributed by atoms with Gasteiger partial charge in [-0.15, -0.1) is 0 Å². The van der Waals surface area contributed by atoms with Crippen LogP contribution < -0.4 is 0 Å². The van der Waals surface area contributed by atoms with Crippen LogP contribution in [-0.2, 0) is 11.2 Å². The number of hydrogen-bond donors (Lipinski definition) is 0. The van der Waals surface area contributed by atoms with Crippen LogP contribution in [0.15, 0.2) is 18.2 Å². The van der Waals surface area contributed by atoms with Crippen molar-refractivity contribution in [3.05, 3.63) is 34.6 Å². The molecule has 100 valence electrons. The lowest BCUT2D eigenvalue weighted by Crippen LogP contribution is -2.21. The molecule has 1 aromatic carbocycles. The Balaban J connectivity index is 2.65. The molecule has 0 radical (unpaired) electrons. The lowest BCUT2D eigenvalue weighted by atomic mass is 9.79. The van der Waals surface area contributed by atoms with Gasteiger partial charge in [-0.3, -0.25) is 4.79 Å². The number of hydrogen-bond acceptors (Lipinski definition) is 1. The van der Waals surface area contributed by atoms with Gasteiger partial charge < -0.3 is 0 Å². The second kappa shape index (κ2) is 5.83. The highest BCUT2D eigenvalue weighted by atomic mass is 35.5. The van der Waals surface area contributed by atoms with Crippen LogP contribution in [0.5, 0.6) is 0 Å². The number of rotatable bonds is 4. The molecule has 0 saturated carbocycles. The third kappa shape index (κ3) is 4.41. The topological polar surface area (TPSA) is 17.1 Å². The van der Waals surface area contributed by atoms with Gasteiger partial charge in [0, 0.05) is 17.9 Å². The third-order valence-electron chi connectivity index (χ3n) is 3.41. The molecule has 0 aliphatic carbocycles. The first-order chi connectivity index (χ1) is 8.20. The summed E-state index contributed by atoms with van der Waals surface area (Å²) in [5.74, 6) is -0.0572. The van der Waals surface area contributed by atoms with Crippen LogP contribution >= 0.6 is 11.6 Å². The molecule has 0 bridgehead atoms. The molecule has 1 unspecified atom stereocenters. The molecule has 0 fully saturated rings. The normalized spacial score (nSPS) is 13.4. The number of halogens is 2. The van der Waals surface area contributed by atoms with E-state index in [0.29, 0.717) is 17.0 Å². The van der Waals surface area contributed by atoms with E-state index in [0.717, 1.165) is 0 Å². The average Bonchev–Trinajstić information content (AvgIpc) is 2.20. The maximum Gasteiger partial charge on any atom is 0.137 e. The lowest BCUT2D eigenvalue weighted by molar-refractivity contribution is -0.120. The second-order valence-corrected chi connectivity index (χ2v) is 6.36. The zero-order valence-corrected chi connectivity index (χ0v) is 12.1. The summed E-state index contributed by atoms with van der Waals surface area (Å²) in [7, 11) is 0. The predicted molar refractivity (Wildman–Crippen MR) is 73.4 cm³/mol. The van der Waals surface area contributed by atoms with Crippen molar-refractivity contribution in [3.8, 4) is 0 Å². The van der Waals surface area contributed by atoms with Crippen molar-refractivity contribution in [1.82, 2.24) is 0 Å². The van der Waals surface area contributed by atoms with Crippen LogP contribution in [0.1, 0.15) is 39.7 Å². The summed E-state index contributed by atoms with van der Waals surface area (Å²) in [5, 5.41) is 0.353. The van der Waals surface area contributed by atoms with Crippen LogP contribution in [0.3, 0.4) is 0 Å². The van der Waals surface area contributed by atoms with Gasteiger partial charge in [0.15, 0.2) is 0 Å².